The average molecular weight is 498 g/mol. The van der Waals surface area contributed by atoms with Crippen molar-refractivity contribution in [2.45, 2.75) is 45.5 Å². The van der Waals surface area contributed by atoms with E-state index in [1.54, 1.807) is 23.0 Å². The van der Waals surface area contributed by atoms with E-state index in [4.69, 9.17) is 16.6 Å². The molecule has 0 saturated heterocycles. The van der Waals surface area contributed by atoms with Gasteiger partial charge in [-0.25, -0.2) is 4.98 Å². The van der Waals surface area contributed by atoms with Gasteiger partial charge in [0.15, 0.2) is 10.3 Å². The molecule has 0 unspecified atom stereocenters. The minimum absolute atomic E-state index is 0.132. The number of thiazole rings is 1. The van der Waals surface area contributed by atoms with Crippen molar-refractivity contribution in [3.05, 3.63) is 75.0 Å². The molecule has 0 spiro atoms. The van der Waals surface area contributed by atoms with Gasteiger partial charge in [0.2, 0.25) is 5.91 Å². The Labute approximate surface area is 206 Å². The molecule has 33 heavy (non-hydrogen) atoms. The summed E-state index contributed by atoms with van der Waals surface area (Å²) < 4.78 is 1.99. The van der Waals surface area contributed by atoms with Crippen LogP contribution in [0.15, 0.2) is 47.2 Å². The highest BCUT2D eigenvalue weighted by Crippen LogP contribution is 2.38. The zero-order valence-electron chi connectivity index (χ0n) is 19.1. The largest absolute Gasteiger partial charge is 0.276 e. The summed E-state index contributed by atoms with van der Waals surface area (Å²) in [5, 5.41) is 12.3. The molecule has 0 aliphatic rings. The highest BCUT2D eigenvalue weighted by atomic mass is 35.5. The molecular formula is C24H24ClN5OS2. The van der Waals surface area contributed by atoms with E-state index in [0.29, 0.717) is 21.6 Å². The molecule has 0 atom stereocenters. The molecule has 0 bridgehead atoms. The lowest BCUT2D eigenvalue weighted by Crippen LogP contribution is -2.24. The molecule has 0 saturated carbocycles. The van der Waals surface area contributed by atoms with E-state index >= 15 is 0 Å². The number of aromatic nitrogens is 4. The summed E-state index contributed by atoms with van der Waals surface area (Å²) in [7, 11) is 0. The van der Waals surface area contributed by atoms with E-state index < -0.39 is 0 Å². The van der Waals surface area contributed by atoms with Crippen molar-refractivity contribution in [3.8, 4) is 5.69 Å². The fourth-order valence-corrected chi connectivity index (χ4v) is 5.94. The van der Waals surface area contributed by atoms with E-state index in [9.17, 15) is 4.79 Å². The number of amides is 1. The third-order valence-electron chi connectivity index (χ3n) is 5.15. The second kappa shape index (κ2) is 9.67. The van der Waals surface area contributed by atoms with Gasteiger partial charge >= 0.3 is 0 Å². The van der Waals surface area contributed by atoms with Gasteiger partial charge in [0, 0.05) is 18.1 Å². The lowest BCUT2D eigenvalue weighted by Gasteiger charge is -2.22. The zero-order valence-corrected chi connectivity index (χ0v) is 21.5. The summed E-state index contributed by atoms with van der Waals surface area (Å²) in [6.45, 7) is 9.62. The number of aryl methyl sites for hydroxylation is 4. The Morgan fingerprint density at radius 1 is 1.12 bits per heavy atom. The molecule has 0 fully saturated rings. The molecule has 2 heterocycles. The summed E-state index contributed by atoms with van der Waals surface area (Å²) in [4.78, 5) is 18.9. The molecule has 0 N–H and O–H groups in total. The van der Waals surface area contributed by atoms with Crippen molar-refractivity contribution >= 4 is 51.4 Å². The Morgan fingerprint density at radius 3 is 2.58 bits per heavy atom. The van der Waals surface area contributed by atoms with Crippen LogP contribution in [0.3, 0.4) is 0 Å². The van der Waals surface area contributed by atoms with E-state index in [1.807, 2.05) is 35.9 Å². The van der Waals surface area contributed by atoms with Gasteiger partial charge in [0.05, 0.1) is 22.1 Å². The number of nitrogens with zero attached hydrogens (tertiary/aromatic N) is 5. The van der Waals surface area contributed by atoms with Gasteiger partial charge in [-0.2, -0.15) is 0 Å². The van der Waals surface area contributed by atoms with Gasteiger partial charge in [-0.3, -0.25) is 14.3 Å². The maximum Gasteiger partial charge on any atom is 0.230 e. The van der Waals surface area contributed by atoms with Crippen LogP contribution in [0.1, 0.15) is 34.9 Å². The van der Waals surface area contributed by atoms with Gasteiger partial charge in [-0.05, 0) is 56.5 Å². The highest BCUT2D eigenvalue weighted by Gasteiger charge is 2.23. The summed E-state index contributed by atoms with van der Waals surface area (Å²) >= 11 is 9.50. The molecule has 4 rings (SSSR count). The lowest BCUT2D eigenvalue weighted by atomic mass is 10.1. The average Bonchev–Trinajstić information content (AvgIpc) is 3.38. The Morgan fingerprint density at radius 2 is 1.88 bits per heavy atom. The monoisotopic (exact) mass is 497 g/mol. The summed E-state index contributed by atoms with van der Waals surface area (Å²) in [6, 6.07) is 10.2. The van der Waals surface area contributed by atoms with Crippen LogP contribution in [0.2, 0.25) is 5.02 Å². The first-order valence-electron chi connectivity index (χ1n) is 10.4. The maximum absolute atomic E-state index is 12.6. The van der Waals surface area contributed by atoms with Gasteiger partial charge in [-0.1, -0.05) is 47.1 Å². The smallest absolute Gasteiger partial charge is 0.230 e. The fourth-order valence-electron chi connectivity index (χ4n) is 3.75. The van der Waals surface area contributed by atoms with Crippen LogP contribution in [-0.4, -0.2) is 25.7 Å². The van der Waals surface area contributed by atoms with Gasteiger partial charge < -0.3 is 0 Å². The van der Waals surface area contributed by atoms with Crippen LogP contribution in [0.4, 0.5) is 10.8 Å². The van der Waals surface area contributed by atoms with E-state index in [-0.39, 0.29) is 5.91 Å². The Kier molecular flexibility index (Phi) is 6.88. The standard InChI is InChI=1S/C24H24ClN5OS2/c1-14-6-7-21(16(3)8-14)29-13-26-28-24(29)33-12-19-11-32-23(27-19)30(18(5)31)22-17(4)9-15(2)10-20(22)25/h6-11,13H,12H2,1-5H3. The maximum atomic E-state index is 12.6. The minimum atomic E-state index is -0.132. The van der Waals surface area contributed by atoms with E-state index in [1.165, 1.54) is 23.8 Å². The number of carbonyl (C=O) groups is 1. The molecule has 1 amide bonds. The van der Waals surface area contributed by atoms with E-state index in [0.717, 1.165) is 33.2 Å². The second-order valence-electron chi connectivity index (χ2n) is 7.95. The molecule has 0 aliphatic carbocycles. The van der Waals surface area contributed by atoms with Crippen molar-refractivity contribution in [3.63, 3.8) is 0 Å². The van der Waals surface area contributed by atoms with Crippen molar-refractivity contribution in [2.24, 2.45) is 0 Å². The van der Waals surface area contributed by atoms with E-state index in [2.05, 4.69) is 42.2 Å². The molecule has 4 aromatic rings. The van der Waals surface area contributed by atoms with Crippen LogP contribution in [0, 0.1) is 27.7 Å². The summed E-state index contributed by atoms with van der Waals surface area (Å²) in [5.41, 5.74) is 6.96. The normalized spacial score (nSPS) is 11.1. The first-order valence-corrected chi connectivity index (χ1v) is 12.6. The van der Waals surface area contributed by atoms with Crippen molar-refractivity contribution in [1.82, 2.24) is 19.7 Å². The molecule has 2 aromatic heterocycles. The third-order valence-corrected chi connectivity index (χ3v) is 7.28. The van der Waals surface area contributed by atoms with Crippen LogP contribution in [-0.2, 0) is 10.5 Å². The molecule has 0 aliphatic heterocycles. The van der Waals surface area contributed by atoms with Crippen molar-refractivity contribution in [2.75, 3.05) is 4.90 Å². The predicted molar refractivity (Wildman–Crippen MR) is 136 cm³/mol. The Hall–Kier alpha value is -2.68. The SMILES string of the molecule is CC(=O)N(c1nc(CSc2nncn2-c2ccc(C)cc2C)cs1)c1c(C)cc(C)cc1Cl. The quantitative estimate of drug-likeness (QED) is 0.281. The number of halogens is 1. The number of hydrogen-bond acceptors (Lipinski definition) is 6. The number of carbonyl (C=O) groups excluding carboxylic acids is 1. The van der Waals surface area contributed by atoms with Crippen molar-refractivity contribution < 1.29 is 4.79 Å². The molecule has 9 heteroatoms. The van der Waals surface area contributed by atoms with Crippen molar-refractivity contribution in [1.29, 1.82) is 0 Å². The number of hydrogen-bond donors (Lipinski definition) is 0. The topological polar surface area (TPSA) is 63.9 Å². The van der Waals surface area contributed by atoms with Crippen LogP contribution in [0.25, 0.3) is 5.69 Å². The first-order chi connectivity index (χ1) is 15.7. The number of thioether (sulfide) groups is 1. The van der Waals surface area contributed by atoms with Crippen LogP contribution < -0.4 is 4.90 Å². The Bertz CT molecular complexity index is 1310. The molecule has 6 nitrogen and oxygen atoms in total. The van der Waals surface area contributed by atoms with Crippen LogP contribution in [0.5, 0.6) is 0 Å². The first kappa shape index (κ1) is 23.5. The second-order valence-corrected chi connectivity index (χ2v) is 10.1. The zero-order chi connectivity index (χ0) is 23.7. The minimum Gasteiger partial charge on any atom is -0.276 e. The van der Waals surface area contributed by atoms with Gasteiger partial charge in [-0.15, -0.1) is 21.5 Å². The molecule has 2 aromatic carbocycles. The Balaban J connectivity index is 1.57. The van der Waals surface area contributed by atoms with Crippen LogP contribution >= 0.6 is 34.7 Å². The molecule has 170 valence electrons. The fraction of sp³-hybridized carbons (Fsp3) is 0.250. The molecular weight excluding hydrogens is 474 g/mol. The van der Waals surface area contributed by atoms with Gasteiger partial charge in [0.25, 0.3) is 0 Å². The highest BCUT2D eigenvalue weighted by molar-refractivity contribution is 7.98. The summed E-state index contributed by atoms with van der Waals surface area (Å²) in [6.07, 6.45) is 1.73. The summed E-state index contributed by atoms with van der Waals surface area (Å²) in [5.74, 6) is 0.471. The molecule has 0 radical (unpaired) electrons. The number of rotatable bonds is 6. The third kappa shape index (κ3) is 4.98. The predicted octanol–water partition coefficient (Wildman–Crippen LogP) is 6.59. The number of anilines is 2. The lowest BCUT2D eigenvalue weighted by molar-refractivity contribution is -0.115. The number of benzene rings is 2. The van der Waals surface area contributed by atoms with Gasteiger partial charge in [0.1, 0.15) is 6.33 Å².